The molecule has 3 N–H and O–H groups in total. The van der Waals surface area contributed by atoms with Crippen molar-refractivity contribution in [3.8, 4) is 0 Å². The van der Waals surface area contributed by atoms with Crippen molar-refractivity contribution in [2.45, 2.75) is 13.3 Å². The van der Waals surface area contributed by atoms with Gasteiger partial charge in [0.25, 0.3) is 0 Å². The van der Waals surface area contributed by atoms with E-state index in [4.69, 9.17) is 17.6 Å². The number of benzene rings is 2. The Bertz CT molecular complexity index is 1070. The minimum absolute atomic E-state index is 0.0168. The molecule has 2 aromatic rings. The van der Waals surface area contributed by atoms with Gasteiger partial charge in [-0.25, -0.2) is 4.79 Å². The first-order chi connectivity index (χ1) is 14.9. The number of hydrogen-bond donors (Lipinski definition) is 3. The van der Waals surface area contributed by atoms with Crippen molar-refractivity contribution in [3.05, 3.63) is 94.7 Å². The Morgan fingerprint density at radius 1 is 1.06 bits per heavy atom. The highest BCUT2D eigenvalue weighted by Crippen LogP contribution is 2.28. The third-order valence-electron chi connectivity index (χ3n) is 4.95. The van der Waals surface area contributed by atoms with E-state index < -0.39 is 12.0 Å². The van der Waals surface area contributed by atoms with Crippen molar-refractivity contribution < 1.29 is 14.3 Å². The van der Waals surface area contributed by atoms with Crippen molar-refractivity contribution >= 4 is 34.9 Å². The van der Waals surface area contributed by atoms with E-state index >= 15 is 0 Å². The van der Waals surface area contributed by atoms with Crippen molar-refractivity contribution in [1.29, 1.82) is 5.41 Å². The van der Waals surface area contributed by atoms with Crippen molar-refractivity contribution in [2.24, 2.45) is 5.92 Å². The molecular weight excluding hydrogens is 410 g/mol. The van der Waals surface area contributed by atoms with Gasteiger partial charge < -0.3 is 15.5 Å². The van der Waals surface area contributed by atoms with Crippen LogP contribution in [0.4, 0.5) is 4.79 Å². The lowest BCUT2D eigenvalue weighted by atomic mass is 9.80. The Hall–Kier alpha value is -3.58. The normalized spacial score (nSPS) is 15.4. The molecule has 0 saturated carbocycles. The molecule has 6 nitrogen and oxygen atoms in total. The quantitative estimate of drug-likeness (QED) is 0.488. The van der Waals surface area contributed by atoms with E-state index in [9.17, 15) is 9.59 Å². The second-order valence-corrected chi connectivity index (χ2v) is 7.53. The number of hydrogen-bond acceptors (Lipinski definition) is 5. The van der Waals surface area contributed by atoms with Crippen LogP contribution in [0.1, 0.15) is 21.5 Å². The maximum atomic E-state index is 13.2. The fraction of sp³-hybridized carbons (Fsp3) is 0.167. The zero-order valence-corrected chi connectivity index (χ0v) is 18.1. The highest BCUT2D eigenvalue weighted by molar-refractivity contribution is 7.80. The van der Waals surface area contributed by atoms with E-state index in [2.05, 4.69) is 15.4 Å². The molecule has 0 radical (unpaired) electrons. The van der Waals surface area contributed by atoms with Gasteiger partial charge >= 0.3 is 6.09 Å². The van der Waals surface area contributed by atoms with Gasteiger partial charge in [0.2, 0.25) is 0 Å². The Morgan fingerprint density at radius 2 is 1.74 bits per heavy atom. The summed E-state index contributed by atoms with van der Waals surface area (Å²) < 4.78 is 4.54. The van der Waals surface area contributed by atoms with Crippen molar-refractivity contribution in [2.75, 3.05) is 7.11 Å². The standard InChI is InChI=1S/C24H23N3O3S/c1-15-8-10-16(11-9-15)14-19-18(22(28)17-6-4-3-5-7-17)12-13-20(21(19)25)26-23(31)27-24(29)30-2/h3-13,19,25H,14H2,1-2H3,(H2,26,27,29,31). The summed E-state index contributed by atoms with van der Waals surface area (Å²) in [5.74, 6) is -0.586. The summed E-state index contributed by atoms with van der Waals surface area (Å²) in [6.07, 6.45) is 3.14. The van der Waals surface area contributed by atoms with Gasteiger partial charge in [-0.1, -0.05) is 66.2 Å². The predicted molar refractivity (Wildman–Crippen MR) is 124 cm³/mol. The van der Waals surface area contributed by atoms with Gasteiger partial charge in [0.15, 0.2) is 10.9 Å². The molecule has 3 rings (SSSR count). The number of amides is 1. The van der Waals surface area contributed by atoms with E-state index in [0.717, 1.165) is 11.1 Å². The van der Waals surface area contributed by atoms with Gasteiger partial charge in [-0.05, 0) is 37.2 Å². The Labute approximate surface area is 186 Å². The second kappa shape index (κ2) is 9.95. The molecule has 0 spiro atoms. The number of ether oxygens (including phenoxy) is 1. The highest BCUT2D eigenvalue weighted by atomic mass is 32.1. The lowest BCUT2D eigenvalue weighted by molar-refractivity contribution is 0.102. The number of thiocarbonyl (C=S) groups is 1. The molecule has 2 aromatic carbocycles. The molecule has 1 unspecified atom stereocenters. The summed E-state index contributed by atoms with van der Waals surface area (Å²) in [5, 5.41) is 14.0. The molecule has 7 heteroatoms. The zero-order chi connectivity index (χ0) is 22.4. The van der Waals surface area contributed by atoms with Gasteiger partial charge in [0.05, 0.1) is 18.5 Å². The number of aryl methyl sites for hydroxylation is 1. The van der Waals surface area contributed by atoms with Gasteiger partial charge in [-0.3, -0.25) is 10.1 Å². The molecule has 0 aromatic heterocycles. The summed E-state index contributed by atoms with van der Waals surface area (Å²) in [4.78, 5) is 24.6. The van der Waals surface area contributed by atoms with Crippen LogP contribution in [0.25, 0.3) is 0 Å². The molecular formula is C24H23N3O3S. The molecule has 1 aliphatic rings. The summed E-state index contributed by atoms with van der Waals surface area (Å²) in [5.41, 5.74) is 3.90. The van der Waals surface area contributed by atoms with E-state index in [1.165, 1.54) is 7.11 Å². The fourth-order valence-corrected chi connectivity index (χ4v) is 3.48. The Kier molecular flexibility index (Phi) is 7.10. The van der Waals surface area contributed by atoms with Crippen LogP contribution >= 0.6 is 12.2 Å². The molecule has 1 atom stereocenters. The molecule has 31 heavy (non-hydrogen) atoms. The summed E-state index contributed by atoms with van der Waals surface area (Å²) in [7, 11) is 1.24. The number of carbonyl (C=O) groups is 2. The van der Waals surface area contributed by atoms with E-state index in [-0.39, 0.29) is 16.6 Å². The molecule has 158 valence electrons. The number of carbonyl (C=O) groups excluding carboxylic acids is 2. The molecule has 0 saturated heterocycles. The SMILES string of the molecule is COC(=O)NC(=S)NC1=CC=C(C(=O)c2ccccc2)C(Cc2ccc(C)cc2)C1=N. The Morgan fingerprint density at radius 3 is 2.39 bits per heavy atom. The first kappa shape index (κ1) is 22.1. The predicted octanol–water partition coefficient (Wildman–Crippen LogP) is 4.11. The van der Waals surface area contributed by atoms with Crippen LogP contribution in [0.5, 0.6) is 0 Å². The van der Waals surface area contributed by atoms with Crippen LogP contribution in [0.3, 0.4) is 0 Å². The van der Waals surface area contributed by atoms with E-state index in [0.29, 0.717) is 23.3 Å². The smallest absolute Gasteiger partial charge is 0.413 e. The average Bonchev–Trinajstić information content (AvgIpc) is 2.78. The monoisotopic (exact) mass is 433 g/mol. The molecule has 0 aliphatic heterocycles. The summed E-state index contributed by atoms with van der Waals surface area (Å²) >= 11 is 5.12. The number of alkyl carbamates (subject to hydrolysis) is 1. The third-order valence-corrected chi connectivity index (χ3v) is 5.16. The lowest BCUT2D eigenvalue weighted by Crippen LogP contribution is -2.42. The van der Waals surface area contributed by atoms with Crippen LogP contribution in [0.2, 0.25) is 0 Å². The van der Waals surface area contributed by atoms with Crippen LogP contribution in [-0.2, 0) is 11.2 Å². The molecule has 0 fully saturated rings. The van der Waals surface area contributed by atoms with Crippen LogP contribution < -0.4 is 10.6 Å². The summed E-state index contributed by atoms with van der Waals surface area (Å²) in [6.45, 7) is 2.01. The van der Waals surface area contributed by atoms with E-state index in [1.54, 1.807) is 24.3 Å². The largest absolute Gasteiger partial charge is 0.453 e. The molecule has 0 heterocycles. The van der Waals surface area contributed by atoms with Gasteiger partial charge in [-0.15, -0.1) is 0 Å². The minimum Gasteiger partial charge on any atom is -0.453 e. The van der Waals surface area contributed by atoms with Gasteiger partial charge in [0, 0.05) is 17.1 Å². The first-order valence-electron chi connectivity index (χ1n) is 9.71. The number of ketones is 1. The molecule has 0 bridgehead atoms. The number of Topliss-reactive ketones (excluding diaryl/α,β-unsaturated/α-hetero) is 1. The maximum absolute atomic E-state index is 13.2. The third kappa shape index (κ3) is 5.52. The first-order valence-corrected chi connectivity index (χ1v) is 10.1. The maximum Gasteiger partial charge on any atom is 0.413 e. The number of nitrogens with one attached hydrogen (secondary N) is 3. The average molecular weight is 434 g/mol. The van der Waals surface area contributed by atoms with Crippen LogP contribution in [0.15, 0.2) is 78.0 Å². The highest BCUT2D eigenvalue weighted by Gasteiger charge is 2.30. The van der Waals surface area contributed by atoms with Gasteiger partial charge in [-0.2, -0.15) is 0 Å². The molecule has 1 aliphatic carbocycles. The zero-order valence-electron chi connectivity index (χ0n) is 17.3. The lowest BCUT2D eigenvalue weighted by Gasteiger charge is -2.26. The van der Waals surface area contributed by atoms with Crippen LogP contribution in [0, 0.1) is 18.3 Å². The summed E-state index contributed by atoms with van der Waals surface area (Å²) in [6, 6.07) is 17.0. The molecule has 1 amide bonds. The van der Waals surface area contributed by atoms with E-state index in [1.807, 2.05) is 49.4 Å². The number of rotatable bonds is 5. The van der Waals surface area contributed by atoms with Crippen LogP contribution in [-0.4, -0.2) is 29.8 Å². The fourth-order valence-electron chi connectivity index (χ4n) is 3.29. The minimum atomic E-state index is -0.702. The van der Waals surface area contributed by atoms with Gasteiger partial charge in [0.1, 0.15) is 0 Å². The number of allylic oxidation sites excluding steroid dienone is 4. The topological polar surface area (TPSA) is 91.3 Å². The Balaban J connectivity index is 1.91. The second-order valence-electron chi connectivity index (χ2n) is 7.12. The van der Waals surface area contributed by atoms with Crippen molar-refractivity contribution in [1.82, 2.24) is 10.6 Å². The number of methoxy groups -OCH3 is 1. The van der Waals surface area contributed by atoms with Crippen molar-refractivity contribution in [3.63, 3.8) is 0 Å².